The Morgan fingerprint density at radius 2 is 1.67 bits per heavy atom. The zero-order valence-corrected chi connectivity index (χ0v) is 12.1. The van der Waals surface area contributed by atoms with E-state index in [2.05, 4.69) is 62.4 Å². The van der Waals surface area contributed by atoms with Gasteiger partial charge in [-0.15, -0.1) is 0 Å². The molecule has 2 heteroatoms. The van der Waals surface area contributed by atoms with Crippen molar-refractivity contribution < 1.29 is 0 Å². The highest BCUT2D eigenvalue weighted by molar-refractivity contribution is 5.54. The van der Waals surface area contributed by atoms with E-state index in [0.717, 1.165) is 11.8 Å². The predicted molar refractivity (Wildman–Crippen MR) is 80.4 cm³/mol. The molecule has 0 bridgehead atoms. The standard InChI is InChI=1S/C16H26N2/c1-12-5-6-15(11-13(12)2)17-14-7-9-16(10-8-14)18(3)4/h7-10,12-13,15,17H,5-6,11H2,1-4H3. The Bertz CT molecular complexity index is 369. The summed E-state index contributed by atoms with van der Waals surface area (Å²) in [5.74, 6) is 1.73. The van der Waals surface area contributed by atoms with E-state index in [1.807, 2.05) is 0 Å². The quantitative estimate of drug-likeness (QED) is 0.867. The molecular formula is C16H26N2. The maximum Gasteiger partial charge on any atom is 0.0362 e. The van der Waals surface area contributed by atoms with Crippen LogP contribution in [0.1, 0.15) is 33.1 Å². The van der Waals surface area contributed by atoms with Gasteiger partial charge in [0.1, 0.15) is 0 Å². The monoisotopic (exact) mass is 246 g/mol. The number of rotatable bonds is 3. The predicted octanol–water partition coefficient (Wildman–Crippen LogP) is 3.99. The summed E-state index contributed by atoms with van der Waals surface area (Å²) in [5.41, 5.74) is 2.51. The SMILES string of the molecule is CC1CCC(Nc2ccc(N(C)C)cc2)CC1C. The molecule has 1 aromatic rings. The largest absolute Gasteiger partial charge is 0.382 e. The topological polar surface area (TPSA) is 15.3 Å². The van der Waals surface area contributed by atoms with E-state index < -0.39 is 0 Å². The highest BCUT2D eigenvalue weighted by Gasteiger charge is 2.24. The van der Waals surface area contributed by atoms with Crippen LogP contribution in [0.5, 0.6) is 0 Å². The van der Waals surface area contributed by atoms with Crippen molar-refractivity contribution in [2.75, 3.05) is 24.3 Å². The van der Waals surface area contributed by atoms with E-state index in [9.17, 15) is 0 Å². The van der Waals surface area contributed by atoms with Gasteiger partial charge in [0.15, 0.2) is 0 Å². The zero-order chi connectivity index (χ0) is 13.1. The first-order valence-corrected chi connectivity index (χ1v) is 7.10. The molecule has 0 saturated heterocycles. The molecule has 0 aliphatic heterocycles. The highest BCUT2D eigenvalue weighted by atomic mass is 15.1. The summed E-state index contributed by atoms with van der Waals surface area (Å²) in [5, 5.41) is 3.68. The Labute approximate surface area is 111 Å². The fourth-order valence-corrected chi connectivity index (χ4v) is 2.77. The molecule has 0 aromatic heterocycles. The molecule has 3 unspecified atom stereocenters. The minimum atomic E-state index is 0.654. The Balaban J connectivity index is 1.93. The van der Waals surface area contributed by atoms with E-state index in [0.29, 0.717) is 6.04 Å². The lowest BCUT2D eigenvalue weighted by Gasteiger charge is -2.33. The van der Waals surface area contributed by atoms with Gasteiger partial charge in [0, 0.05) is 31.5 Å². The van der Waals surface area contributed by atoms with Gasteiger partial charge in [-0.1, -0.05) is 13.8 Å². The fraction of sp³-hybridized carbons (Fsp3) is 0.625. The average Bonchev–Trinajstić information content (AvgIpc) is 2.34. The second kappa shape index (κ2) is 5.64. The molecule has 18 heavy (non-hydrogen) atoms. The molecule has 1 N–H and O–H groups in total. The first kappa shape index (κ1) is 13.3. The first-order valence-electron chi connectivity index (χ1n) is 7.10. The van der Waals surface area contributed by atoms with Crippen LogP contribution in [0, 0.1) is 11.8 Å². The number of benzene rings is 1. The maximum absolute atomic E-state index is 3.68. The second-order valence-electron chi connectivity index (χ2n) is 6.05. The second-order valence-corrected chi connectivity index (χ2v) is 6.05. The molecule has 0 heterocycles. The molecule has 100 valence electrons. The van der Waals surface area contributed by atoms with Crippen molar-refractivity contribution in [3.8, 4) is 0 Å². The molecule has 1 aliphatic rings. The van der Waals surface area contributed by atoms with Crippen LogP contribution in [-0.2, 0) is 0 Å². The molecule has 2 rings (SSSR count). The van der Waals surface area contributed by atoms with Gasteiger partial charge in [0.05, 0.1) is 0 Å². The van der Waals surface area contributed by atoms with Gasteiger partial charge in [0.25, 0.3) is 0 Å². The van der Waals surface area contributed by atoms with Crippen LogP contribution < -0.4 is 10.2 Å². The smallest absolute Gasteiger partial charge is 0.0362 e. The van der Waals surface area contributed by atoms with Gasteiger partial charge in [-0.3, -0.25) is 0 Å². The van der Waals surface area contributed by atoms with Gasteiger partial charge in [0.2, 0.25) is 0 Å². The molecule has 1 fully saturated rings. The van der Waals surface area contributed by atoms with Crippen LogP contribution in [0.15, 0.2) is 24.3 Å². The molecule has 0 spiro atoms. The Kier molecular flexibility index (Phi) is 4.15. The van der Waals surface area contributed by atoms with Crippen LogP contribution in [0.2, 0.25) is 0 Å². The lowest BCUT2D eigenvalue weighted by molar-refractivity contribution is 0.261. The van der Waals surface area contributed by atoms with Gasteiger partial charge in [-0.05, 0) is 55.4 Å². The summed E-state index contributed by atoms with van der Waals surface area (Å²) in [6, 6.07) is 9.39. The van der Waals surface area contributed by atoms with E-state index in [4.69, 9.17) is 0 Å². The number of nitrogens with zero attached hydrogens (tertiary/aromatic N) is 1. The number of hydrogen-bond acceptors (Lipinski definition) is 2. The molecule has 1 saturated carbocycles. The number of anilines is 2. The van der Waals surface area contributed by atoms with Crippen LogP contribution in [0.3, 0.4) is 0 Å². The molecule has 3 atom stereocenters. The molecule has 2 nitrogen and oxygen atoms in total. The first-order chi connectivity index (χ1) is 8.56. The van der Waals surface area contributed by atoms with Crippen LogP contribution >= 0.6 is 0 Å². The van der Waals surface area contributed by atoms with Crippen LogP contribution in [0.4, 0.5) is 11.4 Å². The van der Waals surface area contributed by atoms with Crippen molar-refractivity contribution >= 4 is 11.4 Å². The minimum absolute atomic E-state index is 0.654. The average molecular weight is 246 g/mol. The third-order valence-electron chi connectivity index (χ3n) is 4.35. The summed E-state index contributed by atoms with van der Waals surface area (Å²) in [4.78, 5) is 2.13. The third-order valence-corrected chi connectivity index (χ3v) is 4.35. The molecule has 1 aliphatic carbocycles. The zero-order valence-electron chi connectivity index (χ0n) is 12.1. The minimum Gasteiger partial charge on any atom is -0.382 e. The highest BCUT2D eigenvalue weighted by Crippen LogP contribution is 2.31. The maximum atomic E-state index is 3.68. The van der Waals surface area contributed by atoms with Crippen molar-refractivity contribution in [2.24, 2.45) is 11.8 Å². The number of hydrogen-bond donors (Lipinski definition) is 1. The summed E-state index contributed by atoms with van der Waals surface area (Å²) in [6.07, 6.45) is 3.96. The normalized spacial score (nSPS) is 27.9. The third kappa shape index (κ3) is 3.18. The van der Waals surface area contributed by atoms with Crippen LogP contribution in [0.25, 0.3) is 0 Å². The Morgan fingerprint density at radius 1 is 1.00 bits per heavy atom. The van der Waals surface area contributed by atoms with Crippen molar-refractivity contribution in [3.05, 3.63) is 24.3 Å². The number of nitrogens with one attached hydrogen (secondary N) is 1. The summed E-state index contributed by atoms with van der Waals surface area (Å²) >= 11 is 0. The summed E-state index contributed by atoms with van der Waals surface area (Å²) in [7, 11) is 4.15. The fourth-order valence-electron chi connectivity index (χ4n) is 2.77. The van der Waals surface area contributed by atoms with Crippen molar-refractivity contribution in [1.82, 2.24) is 0 Å². The van der Waals surface area contributed by atoms with Crippen LogP contribution in [-0.4, -0.2) is 20.1 Å². The van der Waals surface area contributed by atoms with E-state index in [1.54, 1.807) is 0 Å². The molecule has 0 amide bonds. The van der Waals surface area contributed by atoms with Gasteiger partial charge >= 0.3 is 0 Å². The van der Waals surface area contributed by atoms with E-state index in [-0.39, 0.29) is 0 Å². The van der Waals surface area contributed by atoms with Crippen molar-refractivity contribution in [3.63, 3.8) is 0 Å². The Hall–Kier alpha value is -1.18. The van der Waals surface area contributed by atoms with Gasteiger partial charge in [-0.2, -0.15) is 0 Å². The Morgan fingerprint density at radius 3 is 2.22 bits per heavy atom. The molecule has 0 radical (unpaired) electrons. The summed E-state index contributed by atoms with van der Waals surface area (Å²) in [6.45, 7) is 4.76. The van der Waals surface area contributed by atoms with E-state index in [1.165, 1.54) is 30.6 Å². The summed E-state index contributed by atoms with van der Waals surface area (Å²) < 4.78 is 0. The lowest BCUT2D eigenvalue weighted by Crippen LogP contribution is -2.30. The van der Waals surface area contributed by atoms with E-state index >= 15 is 0 Å². The molecular weight excluding hydrogens is 220 g/mol. The van der Waals surface area contributed by atoms with Crippen molar-refractivity contribution in [1.29, 1.82) is 0 Å². The van der Waals surface area contributed by atoms with Crippen molar-refractivity contribution in [2.45, 2.75) is 39.2 Å². The van der Waals surface area contributed by atoms with Gasteiger partial charge < -0.3 is 10.2 Å². The lowest BCUT2D eigenvalue weighted by atomic mass is 9.79. The molecule has 1 aromatic carbocycles. The van der Waals surface area contributed by atoms with Gasteiger partial charge in [-0.25, -0.2) is 0 Å².